The molecule has 0 spiro atoms. The quantitative estimate of drug-likeness (QED) is 0.565. The molecule has 33 heavy (non-hydrogen) atoms. The van der Waals surface area contributed by atoms with Crippen molar-refractivity contribution in [2.75, 3.05) is 18.0 Å². The molecule has 1 N–H and O–H groups in total. The molecule has 1 aliphatic heterocycles. The third-order valence-electron chi connectivity index (χ3n) is 5.50. The van der Waals surface area contributed by atoms with Crippen molar-refractivity contribution in [3.05, 3.63) is 78.0 Å². The third-order valence-corrected chi connectivity index (χ3v) is 5.50. The Hall–Kier alpha value is -3.81. The van der Waals surface area contributed by atoms with E-state index in [0.29, 0.717) is 16.9 Å². The Kier molecular flexibility index (Phi) is 6.92. The van der Waals surface area contributed by atoms with Crippen molar-refractivity contribution < 1.29 is 18.7 Å². The molecule has 4 rings (SSSR count). The number of amides is 2. The van der Waals surface area contributed by atoms with Crippen molar-refractivity contribution in [2.45, 2.75) is 32.3 Å². The number of carbonyl (C=O) groups excluding carboxylic acids is 2. The smallest absolute Gasteiger partial charge is 0.414 e. The van der Waals surface area contributed by atoms with Gasteiger partial charge in [0.15, 0.2) is 0 Å². The van der Waals surface area contributed by atoms with E-state index >= 15 is 0 Å². The fourth-order valence-electron chi connectivity index (χ4n) is 3.75. The van der Waals surface area contributed by atoms with Crippen molar-refractivity contribution in [1.82, 2.24) is 15.3 Å². The molecule has 2 amide bonds. The monoisotopic (exact) mass is 448 g/mol. The first-order valence-corrected chi connectivity index (χ1v) is 10.9. The predicted molar refractivity (Wildman–Crippen MR) is 122 cm³/mol. The SMILES string of the molecule is CC(=O)NC[C@H]1CN(c2ccc(-c3ccc(CCCc4ccncc4)cn3)c(F)c2)C(=O)O1. The molecule has 1 aromatic carbocycles. The molecule has 8 heteroatoms. The summed E-state index contributed by atoms with van der Waals surface area (Å²) < 4.78 is 20.1. The molecule has 0 unspecified atom stereocenters. The summed E-state index contributed by atoms with van der Waals surface area (Å²) in [6, 6.07) is 12.4. The Morgan fingerprint density at radius 2 is 1.94 bits per heavy atom. The summed E-state index contributed by atoms with van der Waals surface area (Å²) in [7, 11) is 0. The van der Waals surface area contributed by atoms with E-state index in [9.17, 15) is 14.0 Å². The number of cyclic esters (lactones) is 1. The molecule has 0 aliphatic carbocycles. The van der Waals surface area contributed by atoms with Crippen LogP contribution >= 0.6 is 0 Å². The number of nitrogens with zero attached hydrogens (tertiary/aromatic N) is 3. The third kappa shape index (κ3) is 5.71. The number of pyridine rings is 2. The molecule has 3 heterocycles. The maximum atomic E-state index is 14.9. The van der Waals surface area contributed by atoms with E-state index in [1.807, 2.05) is 24.3 Å². The van der Waals surface area contributed by atoms with Gasteiger partial charge in [-0.1, -0.05) is 6.07 Å². The molecule has 1 aliphatic rings. The summed E-state index contributed by atoms with van der Waals surface area (Å²) >= 11 is 0. The standard InChI is InChI=1S/C25H25FN4O3/c1-17(31)28-15-21-16-30(25(32)33-21)20-6-7-22(23(26)13-20)24-8-5-19(14-29-24)4-2-3-18-9-11-27-12-10-18/h5-14,21H,2-4,15-16H2,1H3,(H,28,31)/t21-/m0/s1. The van der Waals surface area contributed by atoms with Gasteiger partial charge in [0, 0.05) is 31.1 Å². The molecule has 2 aromatic heterocycles. The molecule has 0 radical (unpaired) electrons. The molecule has 1 fully saturated rings. The van der Waals surface area contributed by atoms with E-state index in [1.54, 1.807) is 30.7 Å². The van der Waals surface area contributed by atoms with Gasteiger partial charge in [-0.05, 0) is 66.8 Å². The Bertz CT molecular complexity index is 1120. The molecule has 0 saturated carbocycles. The minimum absolute atomic E-state index is 0.202. The first kappa shape index (κ1) is 22.4. The number of nitrogens with one attached hydrogen (secondary N) is 1. The number of hydrogen-bond donors (Lipinski definition) is 1. The molecule has 1 saturated heterocycles. The zero-order valence-corrected chi connectivity index (χ0v) is 18.3. The van der Waals surface area contributed by atoms with Crippen LogP contribution in [0.25, 0.3) is 11.3 Å². The number of carbonyl (C=O) groups is 2. The molecular formula is C25H25FN4O3. The molecule has 7 nitrogen and oxygen atoms in total. The summed E-state index contributed by atoms with van der Waals surface area (Å²) in [5.74, 6) is -0.671. The normalized spacial score (nSPS) is 15.4. The van der Waals surface area contributed by atoms with Crippen LogP contribution in [0.4, 0.5) is 14.9 Å². The highest BCUT2D eigenvalue weighted by atomic mass is 19.1. The van der Waals surface area contributed by atoms with Crippen LogP contribution in [0.5, 0.6) is 0 Å². The Morgan fingerprint density at radius 3 is 2.64 bits per heavy atom. The number of aryl methyl sites for hydroxylation is 2. The van der Waals surface area contributed by atoms with Crippen molar-refractivity contribution in [1.29, 1.82) is 0 Å². The fourth-order valence-corrected chi connectivity index (χ4v) is 3.75. The van der Waals surface area contributed by atoms with Gasteiger partial charge in [0.05, 0.1) is 24.5 Å². The molecule has 170 valence electrons. The van der Waals surface area contributed by atoms with Crippen molar-refractivity contribution in [2.24, 2.45) is 0 Å². The zero-order valence-electron chi connectivity index (χ0n) is 18.3. The van der Waals surface area contributed by atoms with Gasteiger partial charge in [-0.15, -0.1) is 0 Å². The average molecular weight is 448 g/mol. The second kappa shape index (κ2) is 10.2. The van der Waals surface area contributed by atoms with Crippen LogP contribution in [-0.4, -0.2) is 41.2 Å². The molecular weight excluding hydrogens is 423 g/mol. The number of benzene rings is 1. The minimum atomic E-state index is -0.563. The summed E-state index contributed by atoms with van der Waals surface area (Å²) in [6.45, 7) is 1.85. The van der Waals surface area contributed by atoms with E-state index in [1.165, 1.54) is 23.5 Å². The lowest BCUT2D eigenvalue weighted by Gasteiger charge is -2.14. The topological polar surface area (TPSA) is 84.4 Å². The summed E-state index contributed by atoms with van der Waals surface area (Å²) in [4.78, 5) is 33.0. The summed E-state index contributed by atoms with van der Waals surface area (Å²) in [5, 5.41) is 2.62. The van der Waals surface area contributed by atoms with Crippen LogP contribution in [-0.2, 0) is 22.4 Å². The largest absolute Gasteiger partial charge is 0.442 e. The number of ether oxygens (including phenoxy) is 1. The van der Waals surface area contributed by atoms with Gasteiger partial charge < -0.3 is 10.1 Å². The van der Waals surface area contributed by atoms with Crippen LogP contribution < -0.4 is 10.2 Å². The van der Waals surface area contributed by atoms with E-state index < -0.39 is 18.0 Å². The summed E-state index contributed by atoms with van der Waals surface area (Å²) in [5.41, 5.74) is 3.64. The van der Waals surface area contributed by atoms with E-state index in [0.717, 1.165) is 24.8 Å². The number of rotatable bonds is 8. The number of anilines is 1. The molecule has 1 atom stereocenters. The average Bonchev–Trinajstić information content (AvgIpc) is 3.19. The maximum absolute atomic E-state index is 14.9. The highest BCUT2D eigenvalue weighted by Crippen LogP contribution is 2.28. The van der Waals surface area contributed by atoms with Gasteiger partial charge in [-0.3, -0.25) is 19.7 Å². The van der Waals surface area contributed by atoms with Gasteiger partial charge >= 0.3 is 6.09 Å². The van der Waals surface area contributed by atoms with Crippen molar-refractivity contribution >= 4 is 17.7 Å². The highest BCUT2D eigenvalue weighted by Gasteiger charge is 2.32. The van der Waals surface area contributed by atoms with Crippen LogP contribution in [0.2, 0.25) is 0 Å². The van der Waals surface area contributed by atoms with Crippen molar-refractivity contribution in [3.8, 4) is 11.3 Å². The van der Waals surface area contributed by atoms with Gasteiger partial charge in [0.25, 0.3) is 0 Å². The molecule has 3 aromatic rings. The predicted octanol–water partition coefficient (Wildman–Crippen LogP) is 3.92. The maximum Gasteiger partial charge on any atom is 0.414 e. The molecule has 0 bridgehead atoms. The Labute approximate surface area is 191 Å². The fraction of sp³-hybridized carbons (Fsp3) is 0.280. The van der Waals surface area contributed by atoms with E-state index in [2.05, 4.69) is 15.3 Å². The van der Waals surface area contributed by atoms with E-state index in [4.69, 9.17) is 4.74 Å². The first-order valence-electron chi connectivity index (χ1n) is 10.9. The first-order chi connectivity index (χ1) is 16.0. The number of aromatic nitrogens is 2. The lowest BCUT2D eigenvalue weighted by atomic mass is 10.0. The van der Waals surface area contributed by atoms with Crippen LogP contribution in [0.1, 0.15) is 24.5 Å². The van der Waals surface area contributed by atoms with Gasteiger partial charge in [0.2, 0.25) is 5.91 Å². The lowest BCUT2D eigenvalue weighted by molar-refractivity contribution is -0.119. The van der Waals surface area contributed by atoms with Crippen LogP contribution in [0, 0.1) is 5.82 Å². The Morgan fingerprint density at radius 1 is 1.15 bits per heavy atom. The van der Waals surface area contributed by atoms with Gasteiger partial charge in [-0.2, -0.15) is 0 Å². The zero-order chi connectivity index (χ0) is 23.2. The van der Waals surface area contributed by atoms with Crippen LogP contribution in [0.15, 0.2) is 61.1 Å². The van der Waals surface area contributed by atoms with Crippen molar-refractivity contribution in [3.63, 3.8) is 0 Å². The second-order valence-corrected chi connectivity index (χ2v) is 7.98. The highest BCUT2D eigenvalue weighted by molar-refractivity contribution is 5.90. The van der Waals surface area contributed by atoms with Crippen LogP contribution in [0.3, 0.4) is 0 Å². The second-order valence-electron chi connectivity index (χ2n) is 7.98. The number of hydrogen-bond acceptors (Lipinski definition) is 5. The minimum Gasteiger partial charge on any atom is -0.442 e. The Balaban J connectivity index is 1.37. The number of halogens is 1. The van der Waals surface area contributed by atoms with Gasteiger partial charge in [-0.25, -0.2) is 9.18 Å². The summed E-state index contributed by atoms with van der Waals surface area (Å²) in [6.07, 6.45) is 7.16. The van der Waals surface area contributed by atoms with E-state index in [-0.39, 0.29) is 19.0 Å². The lowest BCUT2D eigenvalue weighted by Crippen LogP contribution is -2.33. The van der Waals surface area contributed by atoms with Gasteiger partial charge in [0.1, 0.15) is 11.9 Å².